The number of quaternary nitrogens is 1. The highest BCUT2D eigenvalue weighted by atomic mass is 32.1. The summed E-state index contributed by atoms with van der Waals surface area (Å²) in [5.74, 6) is 1.08. The number of aliphatic hydroxyl groups is 1. The van der Waals surface area contributed by atoms with Crippen molar-refractivity contribution in [3.63, 3.8) is 0 Å². The van der Waals surface area contributed by atoms with Crippen LogP contribution in [0.1, 0.15) is 32.2 Å². The van der Waals surface area contributed by atoms with Gasteiger partial charge in [0.15, 0.2) is 5.82 Å². The summed E-state index contributed by atoms with van der Waals surface area (Å²) in [5.41, 5.74) is 2.50. The van der Waals surface area contributed by atoms with E-state index in [9.17, 15) is 5.11 Å². The predicted molar refractivity (Wildman–Crippen MR) is 90.1 cm³/mol. The van der Waals surface area contributed by atoms with Crippen LogP contribution in [0.5, 0.6) is 0 Å². The van der Waals surface area contributed by atoms with Crippen molar-refractivity contribution < 1.29 is 10.0 Å². The standard InChI is InChI=1S/C17H25N3OS/c1-17(2,3)15(21)11-20-8-7-13-12(10-20)18-16(19(13)4)14-6-5-9-22-14/h5-6,9,15,21H,7-8,10-11H2,1-4H3/p+1/t15-/m1/s1. The van der Waals surface area contributed by atoms with Gasteiger partial charge in [0.1, 0.15) is 24.9 Å². The Kier molecular flexibility index (Phi) is 4.14. The second-order valence-electron chi connectivity index (χ2n) is 7.38. The van der Waals surface area contributed by atoms with Crippen LogP contribution >= 0.6 is 11.3 Å². The first-order valence-corrected chi connectivity index (χ1v) is 8.84. The van der Waals surface area contributed by atoms with Gasteiger partial charge in [-0.05, 0) is 16.9 Å². The number of imidazole rings is 1. The van der Waals surface area contributed by atoms with Crippen molar-refractivity contribution in [1.82, 2.24) is 9.55 Å². The molecule has 22 heavy (non-hydrogen) atoms. The molecule has 0 saturated carbocycles. The minimum absolute atomic E-state index is 0.0560. The number of rotatable bonds is 3. The maximum Gasteiger partial charge on any atom is 0.150 e. The lowest BCUT2D eigenvalue weighted by Gasteiger charge is -2.31. The zero-order valence-electron chi connectivity index (χ0n) is 13.9. The summed E-state index contributed by atoms with van der Waals surface area (Å²) in [6.45, 7) is 9.09. The minimum Gasteiger partial charge on any atom is -0.387 e. The molecule has 0 amide bonds. The van der Waals surface area contributed by atoms with Crippen LogP contribution in [0.4, 0.5) is 0 Å². The lowest BCUT2D eigenvalue weighted by atomic mass is 9.88. The van der Waals surface area contributed by atoms with Gasteiger partial charge in [0.2, 0.25) is 0 Å². The molecule has 0 saturated heterocycles. The molecule has 3 rings (SSSR count). The van der Waals surface area contributed by atoms with Gasteiger partial charge in [-0.15, -0.1) is 11.3 Å². The van der Waals surface area contributed by atoms with Gasteiger partial charge in [-0.25, -0.2) is 4.98 Å². The Morgan fingerprint density at radius 3 is 2.86 bits per heavy atom. The molecular formula is C17H26N3OS+. The fourth-order valence-electron chi connectivity index (χ4n) is 3.04. The predicted octanol–water partition coefficient (Wildman–Crippen LogP) is 1.50. The van der Waals surface area contributed by atoms with E-state index in [1.54, 1.807) is 11.3 Å². The molecule has 5 heteroatoms. The summed E-state index contributed by atoms with van der Waals surface area (Å²) in [4.78, 5) is 7.55. The zero-order chi connectivity index (χ0) is 15.9. The summed E-state index contributed by atoms with van der Waals surface area (Å²) < 4.78 is 2.25. The molecule has 120 valence electrons. The fourth-order valence-corrected chi connectivity index (χ4v) is 3.79. The largest absolute Gasteiger partial charge is 0.387 e. The average molecular weight is 320 g/mol. The van der Waals surface area contributed by atoms with Crippen LogP contribution in [0.15, 0.2) is 17.5 Å². The first kappa shape index (κ1) is 15.7. The maximum atomic E-state index is 10.4. The van der Waals surface area contributed by atoms with Crippen LogP contribution < -0.4 is 4.90 Å². The molecule has 1 unspecified atom stereocenters. The van der Waals surface area contributed by atoms with Crippen molar-refractivity contribution in [3.8, 4) is 10.7 Å². The van der Waals surface area contributed by atoms with Crippen molar-refractivity contribution >= 4 is 11.3 Å². The lowest BCUT2D eigenvalue weighted by molar-refractivity contribution is -0.920. The molecule has 0 radical (unpaired) electrons. The van der Waals surface area contributed by atoms with Gasteiger partial charge in [0.25, 0.3) is 0 Å². The number of nitrogens with zero attached hydrogens (tertiary/aromatic N) is 2. The molecule has 2 aromatic rings. The Hall–Kier alpha value is -1.17. The average Bonchev–Trinajstić information content (AvgIpc) is 3.06. The topological polar surface area (TPSA) is 42.5 Å². The number of nitrogens with one attached hydrogen (secondary N) is 1. The van der Waals surface area contributed by atoms with E-state index in [4.69, 9.17) is 4.98 Å². The molecule has 0 bridgehead atoms. The Morgan fingerprint density at radius 1 is 1.45 bits per heavy atom. The fraction of sp³-hybridized carbons (Fsp3) is 0.588. The molecule has 0 aromatic carbocycles. The Balaban J connectivity index is 1.78. The van der Waals surface area contributed by atoms with Crippen LogP contribution in [0, 0.1) is 5.41 Å². The van der Waals surface area contributed by atoms with E-state index in [2.05, 4.69) is 49.9 Å². The van der Waals surface area contributed by atoms with Crippen LogP contribution in [0.25, 0.3) is 10.7 Å². The molecule has 1 aliphatic rings. The van der Waals surface area contributed by atoms with E-state index in [1.807, 2.05) is 0 Å². The summed E-state index contributed by atoms with van der Waals surface area (Å²) >= 11 is 1.74. The number of fused-ring (bicyclic) bond motifs is 1. The summed E-state index contributed by atoms with van der Waals surface area (Å²) in [5, 5.41) is 12.4. The number of hydrogen-bond acceptors (Lipinski definition) is 3. The van der Waals surface area contributed by atoms with Crippen LogP contribution in [0.3, 0.4) is 0 Å². The third kappa shape index (κ3) is 2.98. The molecule has 0 spiro atoms. The summed E-state index contributed by atoms with van der Waals surface area (Å²) in [6, 6.07) is 4.21. The Labute approximate surface area is 136 Å². The van der Waals surface area contributed by atoms with Gasteiger partial charge in [-0.1, -0.05) is 26.8 Å². The highest BCUT2D eigenvalue weighted by Gasteiger charge is 2.31. The van der Waals surface area contributed by atoms with Gasteiger partial charge >= 0.3 is 0 Å². The van der Waals surface area contributed by atoms with E-state index >= 15 is 0 Å². The Bertz CT molecular complexity index is 640. The lowest BCUT2D eigenvalue weighted by Crippen LogP contribution is -3.13. The highest BCUT2D eigenvalue weighted by Crippen LogP contribution is 2.26. The first-order chi connectivity index (χ1) is 10.4. The van der Waals surface area contributed by atoms with Gasteiger partial charge in [-0.2, -0.15) is 0 Å². The van der Waals surface area contributed by atoms with Crippen molar-refractivity contribution in [1.29, 1.82) is 0 Å². The van der Waals surface area contributed by atoms with Crippen molar-refractivity contribution in [2.24, 2.45) is 12.5 Å². The molecule has 1 aliphatic heterocycles. The highest BCUT2D eigenvalue weighted by molar-refractivity contribution is 7.13. The molecule has 2 aromatic heterocycles. The Morgan fingerprint density at radius 2 is 2.23 bits per heavy atom. The molecule has 4 nitrogen and oxygen atoms in total. The third-order valence-corrected chi connectivity index (χ3v) is 5.52. The number of thiophene rings is 1. The van der Waals surface area contributed by atoms with E-state index < -0.39 is 0 Å². The molecule has 2 N–H and O–H groups in total. The molecule has 2 atom stereocenters. The zero-order valence-corrected chi connectivity index (χ0v) is 14.7. The van der Waals surface area contributed by atoms with Gasteiger partial charge in [0, 0.05) is 13.5 Å². The van der Waals surface area contributed by atoms with Gasteiger partial charge in [-0.3, -0.25) is 0 Å². The van der Waals surface area contributed by atoms with E-state index in [-0.39, 0.29) is 11.5 Å². The number of aromatic nitrogens is 2. The van der Waals surface area contributed by atoms with Gasteiger partial charge < -0.3 is 14.6 Å². The van der Waals surface area contributed by atoms with E-state index in [0.717, 1.165) is 31.9 Å². The van der Waals surface area contributed by atoms with E-state index in [0.29, 0.717) is 0 Å². The summed E-state index contributed by atoms with van der Waals surface area (Å²) in [7, 11) is 2.12. The molecular weight excluding hydrogens is 294 g/mol. The van der Waals surface area contributed by atoms with Crippen LogP contribution in [-0.2, 0) is 20.0 Å². The van der Waals surface area contributed by atoms with Crippen LogP contribution in [0.2, 0.25) is 0 Å². The van der Waals surface area contributed by atoms with E-state index in [1.165, 1.54) is 21.2 Å². The second kappa shape index (κ2) is 5.80. The van der Waals surface area contributed by atoms with Crippen molar-refractivity contribution in [3.05, 3.63) is 28.9 Å². The van der Waals surface area contributed by atoms with Crippen molar-refractivity contribution in [2.45, 2.75) is 39.8 Å². The molecule has 0 aliphatic carbocycles. The SMILES string of the molecule is Cn1c(-c2cccs2)nc2c1CC[NH+](C[C@@H](O)C(C)(C)C)C2. The smallest absolute Gasteiger partial charge is 0.150 e. The maximum absolute atomic E-state index is 10.4. The van der Waals surface area contributed by atoms with Crippen LogP contribution in [-0.4, -0.2) is 33.9 Å². The van der Waals surface area contributed by atoms with Gasteiger partial charge in [0.05, 0.1) is 17.1 Å². The quantitative estimate of drug-likeness (QED) is 0.900. The van der Waals surface area contributed by atoms with Crippen molar-refractivity contribution in [2.75, 3.05) is 13.1 Å². The first-order valence-electron chi connectivity index (χ1n) is 7.96. The normalized spacial score (nSPS) is 20.0. The minimum atomic E-state index is -0.274. The number of aliphatic hydroxyl groups excluding tert-OH is 1. The number of hydrogen-bond donors (Lipinski definition) is 2. The third-order valence-electron chi connectivity index (χ3n) is 4.65. The molecule has 3 heterocycles. The second-order valence-corrected chi connectivity index (χ2v) is 8.33. The monoisotopic (exact) mass is 320 g/mol. The summed E-state index contributed by atoms with van der Waals surface area (Å²) in [6.07, 6.45) is 0.765. The molecule has 0 fully saturated rings.